The van der Waals surface area contributed by atoms with E-state index in [1.54, 1.807) is 7.05 Å². The molecule has 1 aliphatic heterocycles. The molecule has 1 heterocycles. The summed E-state index contributed by atoms with van der Waals surface area (Å²) in [4.78, 5) is 38.9. The minimum atomic E-state index is -0.441. The third-order valence-electron chi connectivity index (χ3n) is 9.63. The van der Waals surface area contributed by atoms with Gasteiger partial charge in [-0.05, 0) is 81.5 Å². The van der Waals surface area contributed by atoms with Gasteiger partial charge in [0.15, 0.2) is 0 Å². The van der Waals surface area contributed by atoms with Gasteiger partial charge in [0.25, 0.3) is 0 Å². The number of unbranched alkanes of at least 4 members (excludes halogenated alkanes) is 8. The Morgan fingerprint density at radius 3 is 1.91 bits per heavy atom. The second-order valence-electron chi connectivity index (χ2n) is 14.3. The van der Waals surface area contributed by atoms with Gasteiger partial charge >= 0.3 is 0 Å². The van der Waals surface area contributed by atoms with Crippen LogP contribution in [0, 0.1) is 11.8 Å². The minimum Gasteiger partial charge on any atom is -0.389 e. The fraction of sp³-hybridized carbons (Fsp3) is 0.523. The van der Waals surface area contributed by atoms with E-state index in [2.05, 4.69) is 58.0 Å². The number of allylic oxidation sites excluding steroid dienone is 2. The monoisotopic (exact) mass is 756 g/mol. The molecule has 3 amide bonds. The van der Waals surface area contributed by atoms with E-state index in [0.717, 1.165) is 121 Å². The molecule has 0 atom stereocenters. The molecule has 2 aromatic carbocycles. The summed E-state index contributed by atoms with van der Waals surface area (Å²) in [7, 11) is 1.60. The summed E-state index contributed by atoms with van der Waals surface area (Å²) in [6.07, 6.45) is 12.3. The molecule has 2 aromatic rings. The molecule has 0 fully saturated rings. The molecule has 0 bridgehead atoms. The first-order chi connectivity index (χ1) is 26.6. The van der Waals surface area contributed by atoms with E-state index in [9.17, 15) is 19.6 Å². The Morgan fingerprint density at radius 2 is 1.20 bits per heavy atom. The van der Waals surface area contributed by atoms with Crippen LogP contribution >= 0.6 is 0 Å². The van der Waals surface area contributed by atoms with Gasteiger partial charge in [0, 0.05) is 88.1 Å². The van der Waals surface area contributed by atoms with Crippen LogP contribution in [-0.4, -0.2) is 78.0 Å². The van der Waals surface area contributed by atoms with Crippen molar-refractivity contribution in [2.24, 2.45) is 0 Å². The third-order valence-corrected chi connectivity index (χ3v) is 9.63. The number of fused-ring (bicyclic) bond motifs is 2. The number of para-hydroxylation sites is 1. The summed E-state index contributed by atoms with van der Waals surface area (Å²) in [5.41, 5.74) is 6.08. The topological polar surface area (TPSA) is 137 Å². The number of carbonyl (C=O) groups is 3. The molecular weight excluding hydrogens is 693 g/mol. The van der Waals surface area contributed by atoms with E-state index in [4.69, 9.17) is 5.21 Å². The van der Waals surface area contributed by atoms with Gasteiger partial charge < -0.3 is 26.1 Å². The van der Waals surface area contributed by atoms with Crippen LogP contribution in [0.3, 0.4) is 0 Å². The number of hydrogen-bond donors (Lipinski definition) is 5. The fourth-order valence-electron chi connectivity index (χ4n) is 6.32. The molecule has 3 rings (SSSR count). The molecule has 11 heteroatoms. The van der Waals surface area contributed by atoms with Crippen molar-refractivity contribution in [3.05, 3.63) is 89.8 Å². The number of nitrogens with one attached hydrogen (secondary N) is 3. The van der Waals surface area contributed by atoms with Gasteiger partial charge in [0.05, 0.1) is 5.69 Å². The van der Waals surface area contributed by atoms with Crippen LogP contribution in [0.5, 0.6) is 0 Å². The van der Waals surface area contributed by atoms with E-state index in [-0.39, 0.29) is 31.2 Å². The van der Waals surface area contributed by atoms with Crippen LogP contribution in [0.1, 0.15) is 119 Å². The van der Waals surface area contributed by atoms with E-state index in [1.807, 2.05) is 36.4 Å². The van der Waals surface area contributed by atoms with E-state index >= 15 is 0 Å². The zero-order chi connectivity index (χ0) is 39.7. The Bertz CT molecular complexity index is 1580. The first kappa shape index (κ1) is 44.8. The van der Waals surface area contributed by atoms with Crippen LogP contribution in [0.4, 0.5) is 5.69 Å². The van der Waals surface area contributed by atoms with Crippen molar-refractivity contribution in [1.29, 1.82) is 0 Å². The third kappa shape index (κ3) is 18.5. The number of amides is 3. The van der Waals surface area contributed by atoms with Crippen molar-refractivity contribution in [2.45, 2.75) is 109 Å². The fourth-order valence-corrected chi connectivity index (χ4v) is 6.32. The minimum absolute atomic E-state index is 0.0181. The standard InChI is InChI=1S/C44H64N6O5/c1-36(45-30-15-8-18-34-50(55)44(53)29-28-43(52)47-32-16-7-17-33-48(3)54)19-9-5-4-6-14-31-46-42(51)27-24-37(2)49-35-40-22-11-10-20-38(40)25-26-39-21-12-13-23-41(39)49/h10-13,20-23,45,54-55H,1-2,4-9,14-19,24,27-35H2,3H3,(H,46,51)(H,47,52). The molecule has 5 N–H and O–H groups in total. The predicted molar refractivity (Wildman–Crippen MR) is 219 cm³/mol. The highest BCUT2D eigenvalue weighted by Crippen LogP contribution is 2.29. The lowest BCUT2D eigenvalue weighted by Gasteiger charge is -2.29. The van der Waals surface area contributed by atoms with Crippen molar-refractivity contribution >= 4 is 23.4 Å². The predicted octanol–water partition coefficient (Wildman–Crippen LogP) is 7.04. The SMILES string of the molecule is C=C(CCCCCCCNC(=O)CCC(=C)N1Cc2ccccc2C#Cc2ccccc21)NCCCCCN(O)C(=O)CCC(=O)NCCCCCN(C)O. The average molecular weight is 757 g/mol. The second-order valence-corrected chi connectivity index (χ2v) is 14.3. The summed E-state index contributed by atoms with van der Waals surface area (Å²) in [6.45, 7) is 12.0. The summed E-state index contributed by atoms with van der Waals surface area (Å²) < 4.78 is 0. The Hall–Kier alpha value is -4.63. The maximum Gasteiger partial charge on any atom is 0.246 e. The Labute approximate surface area is 329 Å². The zero-order valence-electron chi connectivity index (χ0n) is 33.1. The molecule has 1 aliphatic rings. The van der Waals surface area contributed by atoms with E-state index < -0.39 is 5.91 Å². The molecule has 0 saturated carbocycles. The van der Waals surface area contributed by atoms with Crippen LogP contribution in [0.2, 0.25) is 0 Å². The average Bonchev–Trinajstić information content (AvgIpc) is 3.17. The summed E-state index contributed by atoms with van der Waals surface area (Å²) in [6, 6.07) is 16.3. The highest BCUT2D eigenvalue weighted by atomic mass is 16.5. The number of carbonyl (C=O) groups excluding carboxylic acids is 3. The lowest BCUT2D eigenvalue weighted by Crippen LogP contribution is -2.31. The van der Waals surface area contributed by atoms with Gasteiger partial charge in [-0.15, -0.1) is 0 Å². The lowest BCUT2D eigenvalue weighted by atomic mass is 10.0. The van der Waals surface area contributed by atoms with Crippen LogP contribution in [0.25, 0.3) is 0 Å². The second kappa shape index (κ2) is 26.2. The molecule has 11 nitrogen and oxygen atoms in total. The van der Waals surface area contributed by atoms with Crippen molar-refractivity contribution in [3.63, 3.8) is 0 Å². The molecule has 0 radical (unpaired) electrons. The van der Waals surface area contributed by atoms with Gasteiger partial charge in [0.2, 0.25) is 17.7 Å². The number of anilines is 1. The summed E-state index contributed by atoms with van der Waals surface area (Å²) in [5, 5.41) is 30.2. The molecule has 0 spiro atoms. The van der Waals surface area contributed by atoms with Crippen molar-refractivity contribution < 1.29 is 24.8 Å². The maximum absolute atomic E-state index is 12.7. The molecule has 0 unspecified atom stereocenters. The Morgan fingerprint density at radius 1 is 0.655 bits per heavy atom. The lowest BCUT2D eigenvalue weighted by molar-refractivity contribution is -0.166. The first-order valence-corrected chi connectivity index (χ1v) is 20.1. The molecule has 0 saturated heterocycles. The summed E-state index contributed by atoms with van der Waals surface area (Å²) >= 11 is 0. The Balaban J connectivity index is 1.13. The largest absolute Gasteiger partial charge is 0.389 e. The Kier molecular flexibility index (Phi) is 21.3. The quantitative estimate of drug-likeness (QED) is 0.0270. The molecule has 0 aliphatic carbocycles. The highest BCUT2D eigenvalue weighted by molar-refractivity contribution is 5.83. The number of benzene rings is 2. The number of hydroxylamine groups is 4. The van der Waals surface area contributed by atoms with Crippen molar-refractivity contribution in [2.75, 3.05) is 44.7 Å². The van der Waals surface area contributed by atoms with Crippen LogP contribution in [0.15, 0.2) is 73.1 Å². The van der Waals surface area contributed by atoms with Gasteiger partial charge in [-0.25, -0.2) is 5.06 Å². The van der Waals surface area contributed by atoms with Gasteiger partial charge in [0.1, 0.15) is 0 Å². The number of rotatable bonds is 28. The van der Waals surface area contributed by atoms with Crippen molar-refractivity contribution in [1.82, 2.24) is 26.1 Å². The number of hydrogen-bond acceptors (Lipinski definition) is 8. The molecule has 0 aromatic heterocycles. The molecule has 55 heavy (non-hydrogen) atoms. The maximum atomic E-state index is 12.7. The van der Waals surface area contributed by atoms with Crippen LogP contribution < -0.4 is 20.9 Å². The zero-order valence-corrected chi connectivity index (χ0v) is 33.1. The van der Waals surface area contributed by atoms with Crippen LogP contribution in [-0.2, 0) is 20.9 Å². The van der Waals surface area contributed by atoms with E-state index in [0.29, 0.717) is 45.4 Å². The summed E-state index contributed by atoms with van der Waals surface area (Å²) in [5.74, 6) is 6.03. The smallest absolute Gasteiger partial charge is 0.246 e. The molecular formula is C44H64N6O5. The highest BCUT2D eigenvalue weighted by Gasteiger charge is 2.18. The van der Waals surface area contributed by atoms with Crippen molar-refractivity contribution in [3.8, 4) is 11.8 Å². The van der Waals surface area contributed by atoms with E-state index in [1.165, 1.54) is 0 Å². The van der Waals surface area contributed by atoms with Gasteiger partial charge in [-0.3, -0.25) is 19.6 Å². The van der Waals surface area contributed by atoms with Gasteiger partial charge in [-0.1, -0.05) is 81.0 Å². The molecule has 300 valence electrons. The number of nitrogens with zero attached hydrogens (tertiary/aromatic N) is 3. The first-order valence-electron chi connectivity index (χ1n) is 20.1. The van der Waals surface area contributed by atoms with Gasteiger partial charge in [-0.2, -0.15) is 5.06 Å². The normalized spacial score (nSPS) is 11.7.